The van der Waals surface area contributed by atoms with Crippen molar-refractivity contribution < 1.29 is 19.4 Å². The maximum absolute atomic E-state index is 12.0. The molecule has 110 valence electrons. The van der Waals surface area contributed by atoms with E-state index in [9.17, 15) is 14.7 Å². The normalized spacial score (nSPS) is 21.3. The van der Waals surface area contributed by atoms with Crippen LogP contribution >= 0.6 is 0 Å². The van der Waals surface area contributed by atoms with E-state index in [4.69, 9.17) is 4.74 Å². The van der Waals surface area contributed by atoms with Crippen molar-refractivity contribution in [1.29, 1.82) is 0 Å². The number of ether oxygens (including phenoxy) is 1. The molecule has 0 spiro atoms. The highest BCUT2D eigenvalue weighted by molar-refractivity contribution is 5.80. The first-order valence-electron chi connectivity index (χ1n) is 6.69. The van der Waals surface area contributed by atoms with Crippen molar-refractivity contribution in [3.63, 3.8) is 0 Å². The Kier molecular flexibility index (Phi) is 5.17. The Morgan fingerprint density at radius 3 is 2.42 bits per heavy atom. The lowest BCUT2D eigenvalue weighted by Gasteiger charge is -2.39. The molecule has 0 aromatic carbocycles. The molecule has 1 rings (SSSR count). The van der Waals surface area contributed by atoms with Crippen LogP contribution in [0.2, 0.25) is 0 Å². The lowest BCUT2D eigenvalue weighted by Crippen LogP contribution is -2.59. The average molecular weight is 272 g/mol. The quantitative estimate of drug-likeness (QED) is 0.841. The molecule has 0 saturated carbocycles. The van der Waals surface area contributed by atoms with Gasteiger partial charge in [-0.15, -0.1) is 0 Å². The molecule has 1 aliphatic heterocycles. The summed E-state index contributed by atoms with van der Waals surface area (Å²) in [7, 11) is 0. The van der Waals surface area contributed by atoms with Crippen LogP contribution in [0, 0.1) is 0 Å². The Bertz CT molecular complexity index is 338. The number of nitrogens with zero attached hydrogens (tertiary/aromatic N) is 2. The minimum Gasteiger partial charge on any atom is -0.480 e. The number of carboxylic acids is 1. The maximum atomic E-state index is 12.0. The van der Waals surface area contributed by atoms with Gasteiger partial charge in [-0.25, -0.2) is 9.59 Å². The van der Waals surface area contributed by atoms with Crippen LogP contribution in [0.4, 0.5) is 4.79 Å². The fourth-order valence-corrected chi connectivity index (χ4v) is 2.11. The van der Waals surface area contributed by atoms with Crippen LogP contribution < -0.4 is 0 Å². The number of hydrogen-bond acceptors (Lipinski definition) is 4. The van der Waals surface area contributed by atoms with Crippen molar-refractivity contribution in [2.75, 3.05) is 26.2 Å². The number of carboxylic acid groups (broad SMARTS) is 1. The Hall–Kier alpha value is -1.30. The Balaban J connectivity index is 2.72. The molecule has 1 aliphatic rings. The standard InChI is InChI=1S/C13H24N2O4/c1-5-6-14-7-8-15(10(9-14)11(16)17)12(18)19-13(2,3)4/h10H,5-9H2,1-4H3,(H,16,17)/t10-/m1/s1. The summed E-state index contributed by atoms with van der Waals surface area (Å²) in [5.74, 6) is -0.980. The largest absolute Gasteiger partial charge is 0.480 e. The summed E-state index contributed by atoms with van der Waals surface area (Å²) in [5.41, 5.74) is -0.610. The molecular weight excluding hydrogens is 248 g/mol. The van der Waals surface area contributed by atoms with E-state index >= 15 is 0 Å². The minimum atomic E-state index is -0.980. The van der Waals surface area contributed by atoms with Gasteiger partial charge in [0.25, 0.3) is 0 Å². The second-order valence-corrected chi connectivity index (χ2v) is 5.83. The maximum Gasteiger partial charge on any atom is 0.411 e. The van der Waals surface area contributed by atoms with Crippen molar-refractivity contribution in [2.24, 2.45) is 0 Å². The minimum absolute atomic E-state index is 0.364. The number of piperazine rings is 1. The van der Waals surface area contributed by atoms with Gasteiger partial charge in [0.15, 0.2) is 0 Å². The molecule has 1 fully saturated rings. The van der Waals surface area contributed by atoms with Crippen LogP contribution in [-0.2, 0) is 9.53 Å². The zero-order valence-electron chi connectivity index (χ0n) is 12.2. The molecule has 1 N–H and O–H groups in total. The fraction of sp³-hybridized carbons (Fsp3) is 0.846. The third-order valence-electron chi connectivity index (χ3n) is 2.92. The van der Waals surface area contributed by atoms with E-state index in [1.165, 1.54) is 4.90 Å². The summed E-state index contributed by atoms with van der Waals surface area (Å²) in [4.78, 5) is 26.7. The Morgan fingerprint density at radius 1 is 1.32 bits per heavy atom. The van der Waals surface area contributed by atoms with E-state index in [2.05, 4.69) is 11.8 Å². The van der Waals surface area contributed by atoms with Crippen LogP contribution in [0.5, 0.6) is 0 Å². The molecule has 0 radical (unpaired) electrons. The third kappa shape index (κ3) is 4.70. The van der Waals surface area contributed by atoms with Gasteiger partial charge in [-0.3, -0.25) is 9.80 Å². The van der Waals surface area contributed by atoms with E-state index in [1.54, 1.807) is 20.8 Å². The topological polar surface area (TPSA) is 70.1 Å². The number of hydrogen-bond donors (Lipinski definition) is 1. The first-order valence-corrected chi connectivity index (χ1v) is 6.69. The zero-order valence-corrected chi connectivity index (χ0v) is 12.2. The van der Waals surface area contributed by atoms with Gasteiger partial charge in [-0.2, -0.15) is 0 Å². The smallest absolute Gasteiger partial charge is 0.411 e. The molecule has 0 aromatic rings. The van der Waals surface area contributed by atoms with Crippen molar-refractivity contribution >= 4 is 12.1 Å². The van der Waals surface area contributed by atoms with Gasteiger partial charge in [0.2, 0.25) is 0 Å². The lowest BCUT2D eigenvalue weighted by molar-refractivity contribution is -0.145. The van der Waals surface area contributed by atoms with Gasteiger partial charge in [0, 0.05) is 19.6 Å². The van der Waals surface area contributed by atoms with E-state index in [1.807, 2.05) is 0 Å². The lowest BCUT2D eigenvalue weighted by atomic mass is 10.1. The highest BCUT2D eigenvalue weighted by Gasteiger charge is 2.37. The highest BCUT2D eigenvalue weighted by atomic mass is 16.6. The number of carbonyl (C=O) groups excluding carboxylic acids is 1. The molecule has 0 bridgehead atoms. The van der Waals surface area contributed by atoms with Crippen molar-refractivity contribution in [2.45, 2.75) is 45.8 Å². The van der Waals surface area contributed by atoms with E-state index in [0.717, 1.165) is 13.0 Å². The molecule has 0 aliphatic carbocycles. The molecule has 1 saturated heterocycles. The van der Waals surface area contributed by atoms with Crippen molar-refractivity contribution in [1.82, 2.24) is 9.80 Å². The number of aliphatic carboxylic acids is 1. The monoisotopic (exact) mass is 272 g/mol. The van der Waals surface area contributed by atoms with Crippen molar-refractivity contribution in [3.05, 3.63) is 0 Å². The first-order chi connectivity index (χ1) is 8.74. The SMILES string of the molecule is CCCN1CCN(C(=O)OC(C)(C)C)[C@@H](C(=O)O)C1. The molecule has 0 unspecified atom stereocenters. The van der Waals surface area contributed by atoms with Crippen molar-refractivity contribution in [3.8, 4) is 0 Å². The average Bonchev–Trinajstić information content (AvgIpc) is 2.26. The van der Waals surface area contributed by atoms with Gasteiger partial charge in [-0.1, -0.05) is 6.92 Å². The Morgan fingerprint density at radius 2 is 1.95 bits per heavy atom. The molecule has 6 nitrogen and oxygen atoms in total. The van der Waals surface area contributed by atoms with E-state index < -0.39 is 23.7 Å². The molecule has 1 amide bonds. The summed E-state index contributed by atoms with van der Waals surface area (Å²) in [6, 6.07) is -0.824. The van der Waals surface area contributed by atoms with Gasteiger partial charge in [-0.05, 0) is 33.7 Å². The molecule has 1 heterocycles. The molecule has 19 heavy (non-hydrogen) atoms. The predicted octanol–water partition coefficient (Wildman–Crippen LogP) is 1.40. The number of carbonyl (C=O) groups is 2. The van der Waals surface area contributed by atoms with Gasteiger partial charge >= 0.3 is 12.1 Å². The summed E-state index contributed by atoms with van der Waals surface area (Å²) in [6.45, 7) is 9.67. The Labute approximate surface area is 114 Å². The summed E-state index contributed by atoms with van der Waals surface area (Å²) < 4.78 is 5.26. The van der Waals surface area contributed by atoms with E-state index in [0.29, 0.717) is 19.6 Å². The number of amides is 1. The van der Waals surface area contributed by atoms with Crippen LogP contribution in [0.15, 0.2) is 0 Å². The van der Waals surface area contributed by atoms with Gasteiger partial charge < -0.3 is 9.84 Å². The van der Waals surface area contributed by atoms with Gasteiger partial charge in [0.05, 0.1) is 0 Å². The third-order valence-corrected chi connectivity index (χ3v) is 2.92. The van der Waals surface area contributed by atoms with E-state index in [-0.39, 0.29) is 0 Å². The number of rotatable bonds is 3. The van der Waals surface area contributed by atoms with Crippen LogP contribution in [0.3, 0.4) is 0 Å². The van der Waals surface area contributed by atoms with Crippen LogP contribution in [0.1, 0.15) is 34.1 Å². The van der Waals surface area contributed by atoms with Gasteiger partial charge in [0.1, 0.15) is 11.6 Å². The molecule has 6 heteroatoms. The first kappa shape index (κ1) is 15.8. The zero-order chi connectivity index (χ0) is 14.6. The molecule has 0 aromatic heterocycles. The fourth-order valence-electron chi connectivity index (χ4n) is 2.11. The second kappa shape index (κ2) is 6.23. The summed E-state index contributed by atoms with van der Waals surface area (Å²) in [6.07, 6.45) is 0.426. The highest BCUT2D eigenvalue weighted by Crippen LogP contribution is 2.16. The van der Waals surface area contributed by atoms with Crippen LogP contribution in [-0.4, -0.2) is 64.8 Å². The summed E-state index contributed by atoms with van der Waals surface area (Å²) >= 11 is 0. The summed E-state index contributed by atoms with van der Waals surface area (Å²) in [5, 5.41) is 9.27. The molecular formula is C13H24N2O4. The second-order valence-electron chi connectivity index (χ2n) is 5.83. The predicted molar refractivity (Wildman–Crippen MR) is 71.1 cm³/mol. The molecule has 1 atom stereocenters. The van der Waals surface area contributed by atoms with Crippen LogP contribution in [0.25, 0.3) is 0 Å².